The molecule has 0 spiro atoms. The molecule has 0 radical (unpaired) electrons. The van der Waals surface area contributed by atoms with Gasteiger partial charge in [-0.2, -0.15) is 0 Å². The van der Waals surface area contributed by atoms with Crippen molar-refractivity contribution in [3.63, 3.8) is 0 Å². The number of likely N-dealkylation sites (tertiary alicyclic amines) is 1. The molecule has 0 unspecified atom stereocenters. The second-order valence-corrected chi connectivity index (χ2v) is 5.91. The van der Waals surface area contributed by atoms with Crippen LogP contribution in [0.3, 0.4) is 0 Å². The van der Waals surface area contributed by atoms with E-state index in [2.05, 4.69) is 17.1 Å². The van der Waals surface area contributed by atoms with Crippen LogP contribution in [0.5, 0.6) is 0 Å². The SMILES string of the molecule is C[C@H]1CCCN(C(=O)CC2CCNCC2)[C@@H]1CN. The third-order valence-electron chi connectivity index (χ3n) is 4.60. The van der Waals surface area contributed by atoms with E-state index >= 15 is 0 Å². The summed E-state index contributed by atoms with van der Waals surface area (Å²) in [5.74, 6) is 1.47. The highest BCUT2D eigenvalue weighted by molar-refractivity contribution is 5.77. The lowest BCUT2D eigenvalue weighted by atomic mass is 9.88. The van der Waals surface area contributed by atoms with Crippen LogP contribution >= 0.6 is 0 Å². The number of nitrogens with zero attached hydrogens (tertiary/aromatic N) is 1. The summed E-state index contributed by atoms with van der Waals surface area (Å²) in [7, 11) is 0. The lowest BCUT2D eigenvalue weighted by Crippen LogP contribution is -2.51. The number of hydrogen-bond donors (Lipinski definition) is 2. The molecule has 2 atom stereocenters. The first-order chi connectivity index (χ1) is 8.72. The minimum Gasteiger partial charge on any atom is -0.338 e. The fourth-order valence-electron chi connectivity index (χ4n) is 3.37. The van der Waals surface area contributed by atoms with E-state index in [-0.39, 0.29) is 6.04 Å². The molecule has 2 heterocycles. The summed E-state index contributed by atoms with van der Waals surface area (Å²) in [5.41, 5.74) is 5.85. The van der Waals surface area contributed by atoms with Crippen molar-refractivity contribution >= 4 is 5.91 Å². The molecule has 0 aromatic rings. The minimum atomic E-state index is 0.271. The molecule has 0 aliphatic carbocycles. The third-order valence-corrected chi connectivity index (χ3v) is 4.60. The van der Waals surface area contributed by atoms with Crippen molar-refractivity contribution in [2.45, 2.75) is 45.1 Å². The second kappa shape index (κ2) is 6.53. The minimum absolute atomic E-state index is 0.271. The molecule has 4 heteroatoms. The Labute approximate surface area is 110 Å². The molecule has 2 rings (SSSR count). The lowest BCUT2D eigenvalue weighted by Gasteiger charge is -2.40. The van der Waals surface area contributed by atoms with Crippen LogP contribution in [0, 0.1) is 11.8 Å². The molecule has 18 heavy (non-hydrogen) atoms. The number of piperidine rings is 2. The van der Waals surface area contributed by atoms with Crippen molar-refractivity contribution in [3.8, 4) is 0 Å². The van der Waals surface area contributed by atoms with E-state index in [1.807, 2.05) is 0 Å². The van der Waals surface area contributed by atoms with Crippen LogP contribution in [0.25, 0.3) is 0 Å². The van der Waals surface area contributed by atoms with Gasteiger partial charge in [-0.1, -0.05) is 6.92 Å². The Morgan fingerprint density at radius 3 is 2.72 bits per heavy atom. The summed E-state index contributed by atoms with van der Waals surface area (Å²) in [6.07, 6.45) is 5.35. The summed E-state index contributed by atoms with van der Waals surface area (Å²) >= 11 is 0. The predicted octanol–water partition coefficient (Wildman–Crippen LogP) is 0.962. The Bertz CT molecular complexity index is 276. The highest BCUT2D eigenvalue weighted by atomic mass is 16.2. The van der Waals surface area contributed by atoms with Crippen molar-refractivity contribution in [1.29, 1.82) is 0 Å². The summed E-state index contributed by atoms with van der Waals surface area (Å²) in [6, 6.07) is 0.271. The number of nitrogens with one attached hydrogen (secondary N) is 1. The van der Waals surface area contributed by atoms with Gasteiger partial charge in [0.05, 0.1) is 0 Å². The number of hydrogen-bond acceptors (Lipinski definition) is 3. The largest absolute Gasteiger partial charge is 0.338 e. The maximum atomic E-state index is 12.4. The molecule has 2 aliphatic rings. The zero-order valence-corrected chi connectivity index (χ0v) is 11.5. The van der Waals surface area contributed by atoms with Gasteiger partial charge in [0.25, 0.3) is 0 Å². The van der Waals surface area contributed by atoms with Crippen LogP contribution in [0.4, 0.5) is 0 Å². The summed E-state index contributed by atoms with van der Waals surface area (Å²) in [6.45, 7) is 5.87. The van der Waals surface area contributed by atoms with Gasteiger partial charge in [0, 0.05) is 25.6 Å². The van der Waals surface area contributed by atoms with Crippen molar-refractivity contribution in [2.75, 3.05) is 26.2 Å². The second-order valence-electron chi connectivity index (χ2n) is 5.91. The summed E-state index contributed by atoms with van der Waals surface area (Å²) in [5, 5.41) is 3.35. The molecule has 104 valence electrons. The van der Waals surface area contributed by atoms with Gasteiger partial charge in [-0.3, -0.25) is 4.79 Å². The molecule has 2 fully saturated rings. The smallest absolute Gasteiger partial charge is 0.223 e. The van der Waals surface area contributed by atoms with Gasteiger partial charge in [-0.25, -0.2) is 0 Å². The van der Waals surface area contributed by atoms with E-state index in [0.29, 0.717) is 24.3 Å². The van der Waals surface area contributed by atoms with Gasteiger partial charge >= 0.3 is 0 Å². The molecule has 0 aromatic carbocycles. The highest BCUT2D eigenvalue weighted by Crippen LogP contribution is 2.25. The first-order valence-electron chi connectivity index (χ1n) is 7.42. The van der Waals surface area contributed by atoms with E-state index in [0.717, 1.165) is 45.3 Å². The predicted molar refractivity (Wildman–Crippen MR) is 73.2 cm³/mol. The molecular weight excluding hydrogens is 226 g/mol. The fraction of sp³-hybridized carbons (Fsp3) is 0.929. The first-order valence-corrected chi connectivity index (χ1v) is 7.42. The molecule has 4 nitrogen and oxygen atoms in total. The average Bonchev–Trinajstić information content (AvgIpc) is 2.39. The monoisotopic (exact) mass is 253 g/mol. The van der Waals surface area contributed by atoms with Gasteiger partial charge in [0.2, 0.25) is 5.91 Å². The Hall–Kier alpha value is -0.610. The van der Waals surface area contributed by atoms with Crippen LogP contribution in [0.15, 0.2) is 0 Å². The average molecular weight is 253 g/mol. The Morgan fingerprint density at radius 1 is 1.33 bits per heavy atom. The van der Waals surface area contributed by atoms with E-state index in [1.165, 1.54) is 6.42 Å². The Morgan fingerprint density at radius 2 is 2.06 bits per heavy atom. The lowest BCUT2D eigenvalue weighted by molar-refractivity contribution is -0.137. The first kappa shape index (κ1) is 13.8. The van der Waals surface area contributed by atoms with Gasteiger partial charge in [0.1, 0.15) is 0 Å². The molecule has 0 bridgehead atoms. The maximum Gasteiger partial charge on any atom is 0.223 e. The van der Waals surface area contributed by atoms with Crippen molar-refractivity contribution in [3.05, 3.63) is 0 Å². The Balaban J connectivity index is 1.89. The quantitative estimate of drug-likeness (QED) is 0.788. The van der Waals surface area contributed by atoms with E-state index in [1.54, 1.807) is 0 Å². The molecule has 0 aromatic heterocycles. The van der Waals surface area contributed by atoms with Gasteiger partial charge in [0.15, 0.2) is 0 Å². The van der Waals surface area contributed by atoms with Crippen molar-refractivity contribution in [2.24, 2.45) is 17.6 Å². The van der Waals surface area contributed by atoms with E-state index < -0.39 is 0 Å². The molecule has 0 saturated carbocycles. The number of nitrogens with two attached hydrogens (primary N) is 1. The third kappa shape index (κ3) is 3.23. The van der Waals surface area contributed by atoms with E-state index in [9.17, 15) is 4.79 Å². The topological polar surface area (TPSA) is 58.4 Å². The zero-order valence-electron chi connectivity index (χ0n) is 11.5. The van der Waals surface area contributed by atoms with Crippen LogP contribution in [-0.2, 0) is 4.79 Å². The van der Waals surface area contributed by atoms with Gasteiger partial charge < -0.3 is 16.0 Å². The summed E-state index contributed by atoms with van der Waals surface area (Å²) in [4.78, 5) is 14.5. The molecular formula is C14H27N3O. The molecule has 2 aliphatic heterocycles. The number of amides is 1. The van der Waals surface area contributed by atoms with Crippen molar-refractivity contribution in [1.82, 2.24) is 10.2 Å². The molecule has 2 saturated heterocycles. The molecule has 3 N–H and O–H groups in total. The summed E-state index contributed by atoms with van der Waals surface area (Å²) < 4.78 is 0. The normalized spacial score (nSPS) is 30.4. The van der Waals surface area contributed by atoms with Gasteiger partial charge in [-0.15, -0.1) is 0 Å². The van der Waals surface area contributed by atoms with Crippen LogP contribution in [0.2, 0.25) is 0 Å². The maximum absolute atomic E-state index is 12.4. The standard InChI is InChI=1S/C14H27N3O/c1-11-3-2-8-17(13(11)10-15)14(18)9-12-4-6-16-7-5-12/h11-13,16H,2-10,15H2,1H3/t11-,13+/m0/s1. The Kier molecular flexibility index (Phi) is 5.01. The highest BCUT2D eigenvalue weighted by Gasteiger charge is 2.31. The molecule has 1 amide bonds. The van der Waals surface area contributed by atoms with Gasteiger partial charge in [-0.05, 0) is 50.6 Å². The van der Waals surface area contributed by atoms with Crippen LogP contribution < -0.4 is 11.1 Å². The van der Waals surface area contributed by atoms with Crippen LogP contribution in [-0.4, -0.2) is 43.0 Å². The number of carbonyl (C=O) groups is 1. The fourth-order valence-corrected chi connectivity index (χ4v) is 3.37. The van der Waals surface area contributed by atoms with Crippen LogP contribution in [0.1, 0.15) is 39.0 Å². The zero-order chi connectivity index (χ0) is 13.0. The number of carbonyl (C=O) groups excluding carboxylic acids is 1. The number of rotatable bonds is 3. The van der Waals surface area contributed by atoms with E-state index in [4.69, 9.17) is 5.73 Å². The van der Waals surface area contributed by atoms with Crippen molar-refractivity contribution < 1.29 is 4.79 Å².